The first-order chi connectivity index (χ1) is 11.6. The highest BCUT2D eigenvalue weighted by Crippen LogP contribution is 2.27. The van der Waals surface area contributed by atoms with Gasteiger partial charge in [0, 0.05) is 18.0 Å². The van der Waals surface area contributed by atoms with Gasteiger partial charge in [0.05, 0.1) is 11.7 Å². The number of rotatable bonds is 9. The standard InChI is InChI=1S/C18H25NO4S/c1-13(18(21)22)24-16-10-5-4-9-15(16)17(20)19-11-6-12-23-14-7-2-3-8-14/h4-5,9-10,13-14H,2-3,6-8,11-12H2,1H3,(H,19,20)(H,21,22). The molecule has 1 amide bonds. The lowest BCUT2D eigenvalue weighted by molar-refractivity contribution is -0.136. The van der Waals surface area contributed by atoms with Crippen molar-refractivity contribution in [3.63, 3.8) is 0 Å². The Balaban J connectivity index is 1.77. The molecule has 1 aliphatic rings. The van der Waals surface area contributed by atoms with Crippen molar-refractivity contribution in [1.82, 2.24) is 5.32 Å². The number of ether oxygens (including phenoxy) is 1. The molecule has 0 spiro atoms. The average molecular weight is 351 g/mol. The van der Waals surface area contributed by atoms with Crippen molar-refractivity contribution in [3.8, 4) is 0 Å². The Morgan fingerprint density at radius 2 is 2.04 bits per heavy atom. The third-order valence-corrected chi connectivity index (χ3v) is 5.21. The van der Waals surface area contributed by atoms with Crippen LogP contribution >= 0.6 is 11.8 Å². The normalized spacial score (nSPS) is 16.0. The van der Waals surface area contributed by atoms with Gasteiger partial charge in [-0.1, -0.05) is 25.0 Å². The Morgan fingerprint density at radius 3 is 2.75 bits per heavy atom. The third-order valence-electron chi connectivity index (χ3n) is 4.05. The second kappa shape index (κ2) is 9.69. The molecule has 0 heterocycles. The zero-order valence-electron chi connectivity index (χ0n) is 14.0. The molecule has 2 N–H and O–H groups in total. The number of benzene rings is 1. The monoisotopic (exact) mass is 351 g/mol. The Morgan fingerprint density at radius 1 is 1.33 bits per heavy atom. The van der Waals surface area contributed by atoms with Gasteiger partial charge in [-0.2, -0.15) is 0 Å². The van der Waals surface area contributed by atoms with Crippen molar-refractivity contribution in [1.29, 1.82) is 0 Å². The summed E-state index contributed by atoms with van der Waals surface area (Å²) in [5, 5.41) is 11.3. The number of thioether (sulfide) groups is 1. The number of nitrogens with one attached hydrogen (secondary N) is 1. The van der Waals surface area contributed by atoms with Crippen LogP contribution in [0, 0.1) is 0 Å². The number of carbonyl (C=O) groups is 2. The van der Waals surface area contributed by atoms with Crippen molar-refractivity contribution in [2.45, 2.75) is 55.3 Å². The summed E-state index contributed by atoms with van der Waals surface area (Å²) >= 11 is 1.18. The maximum Gasteiger partial charge on any atom is 0.316 e. The molecule has 0 bridgehead atoms. The van der Waals surface area contributed by atoms with Crippen molar-refractivity contribution < 1.29 is 19.4 Å². The maximum atomic E-state index is 12.3. The summed E-state index contributed by atoms with van der Waals surface area (Å²) in [6.45, 7) is 2.83. The molecule has 1 aliphatic carbocycles. The van der Waals surface area contributed by atoms with Gasteiger partial charge in [-0.25, -0.2) is 0 Å². The number of aliphatic carboxylic acids is 1. The van der Waals surface area contributed by atoms with Crippen LogP contribution in [0.3, 0.4) is 0 Å². The van der Waals surface area contributed by atoms with Crippen LogP contribution in [0.5, 0.6) is 0 Å². The largest absolute Gasteiger partial charge is 0.480 e. The van der Waals surface area contributed by atoms with Crippen LogP contribution in [-0.4, -0.2) is 41.5 Å². The molecule has 1 fully saturated rings. The fraction of sp³-hybridized carbons (Fsp3) is 0.556. The van der Waals surface area contributed by atoms with E-state index in [1.54, 1.807) is 25.1 Å². The molecule has 0 aliphatic heterocycles. The molecule has 0 radical (unpaired) electrons. The molecule has 1 atom stereocenters. The first-order valence-electron chi connectivity index (χ1n) is 8.46. The molecule has 6 heteroatoms. The summed E-state index contributed by atoms with van der Waals surface area (Å²) in [5.41, 5.74) is 0.521. The van der Waals surface area contributed by atoms with Crippen molar-refractivity contribution in [2.24, 2.45) is 0 Å². The van der Waals surface area contributed by atoms with E-state index in [1.165, 1.54) is 24.6 Å². The molecule has 1 saturated carbocycles. The first-order valence-corrected chi connectivity index (χ1v) is 9.34. The van der Waals surface area contributed by atoms with E-state index >= 15 is 0 Å². The fourth-order valence-electron chi connectivity index (χ4n) is 2.67. The van der Waals surface area contributed by atoms with Gasteiger partial charge in [-0.05, 0) is 38.3 Å². The summed E-state index contributed by atoms with van der Waals surface area (Å²) < 4.78 is 5.77. The molecule has 1 aromatic carbocycles. The highest BCUT2D eigenvalue weighted by molar-refractivity contribution is 8.00. The van der Waals surface area contributed by atoms with E-state index in [4.69, 9.17) is 9.84 Å². The average Bonchev–Trinajstić information content (AvgIpc) is 3.08. The zero-order chi connectivity index (χ0) is 17.4. The van der Waals surface area contributed by atoms with E-state index in [1.807, 2.05) is 6.07 Å². The van der Waals surface area contributed by atoms with Crippen LogP contribution in [0.15, 0.2) is 29.2 Å². The van der Waals surface area contributed by atoms with Crippen molar-refractivity contribution >= 4 is 23.6 Å². The van der Waals surface area contributed by atoms with Crippen LogP contribution < -0.4 is 5.32 Å². The van der Waals surface area contributed by atoms with E-state index in [2.05, 4.69) is 5.32 Å². The maximum absolute atomic E-state index is 12.3. The van der Waals surface area contributed by atoms with Gasteiger partial charge in [0.2, 0.25) is 0 Å². The van der Waals surface area contributed by atoms with Gasteiger partial charge < -0.3 is 15.2 Å². The fourth-order valence-corrected chi connectivity index (χ4v) is 3.60. The number of hydrogen-bond acceptors (Lipinski definition) is 4. The lowest BCUT2D eigenvalue weighted by Crippen LogP contribution is -2.26. The van der Waals surface area contributed by atoms with Crippen LogP contribution in [0.1, 0.15) is 49.4 Å². The quantitative estimate of drug-likeness (QED) is 0.527. The smallest absolute Gasteiger partial charge is 0.316 e. The molecular formula is C18H25NO4S. The van der Waals surface area contributed by atoms with E-state index in [-0.39, 0.29) is 5.91 Å². The molecule has 0 saturated heterocycles. The van der Waals surface area contributed by atoms with Crippen LogP contribution in [0.25, 0.3) is 0 Å². The SMILES string of the molecule is CC(Sc1ccccc1C(=O)NCCCOC1CCCC1)C(=O)O. The zero-order valence-corrected chi connectivity index (χ0v) is 14.8. The molecule has 132 valence electrons. The molecule has 5 nitrogen and oxygen atoms in total. The number of amides is 1. The topological polar surface area (TPSA) is 75.6 Å². The van der Waals surface area contributed by atoms with Crippen LogP contribution in [-0.2, 0) is 9.53 Å². The minimum Gasteiger partial charge on any atom is -0.480 e. The minimum atomic E-state index is -0.890. The summed E-state index contributed by atoms with van der Waals surface area (Å²) in [4.78, 5) is 24.0. The highest BCUT2D eigenvalue weighted by atomic mass is 32.2. The number of hydrogen-bond donors (Lipinski definition) is 2. The summed E-state index contributed by atoms with van der Waals surface area (Å²) in [7, 11) is 0. The van der Waals surface area contributed by atoms with Crippen molar-refractivity contribution in [2.75, 3.05) is 13.2 Å². The molecule has 2 rings (SSSR count). The molecule has 0 aromatic heterocycles. The number of carboxylic acid groups (broad SMARTS) is 1. The minimum absolute atomic E-state index is 0.170. The third kappa shape index (κ3) is 5.83. The van der Waals surface area contributed by atoms with Gasteiger partial charge in [-0.15, -0.1) is 11.8 Å². The van der Waals surface area contributed by atoms with Gasteiger partial charge >= 0.3 is 5.97 Å². The van der Waals surface area contributed by atoms with Crippen molar-refractivity contribution in [3.05, 3.63) is 29.8 Å². The lowest BCUT2D eigenvalue weighted by atomic mass is 10.2. The number of carboxylic acids is 1. The second-order valence-electron chi connectivity index (χ2n) is 5.98. The van der Waals surface area contributed by atoms with Crippen LogP contribution in [0.2, 0.25) is 0 Å². The molecule has 1 unspecified atom stereocenters. The van der Waals surface area contributed by atoms with Gasteiger partial charge in [0.25, 0.3) is 5.91 Å². The molecular weight excluding hydrogens is 326 g/mol. The Bertz CT molecular complexity index is 558. The summed E-state index contributed by atoms with van der Waals surface area (Å²) in [5.74, 6) is -1.06. The summed E-state index contributed by atoms with van der Waals surface area (Å²) in [6.07, 6.45) is 5.99. The van der Waals surface area contributed by atoms with Crippen LogP contribution in [0.4, 0.5) is 0 Å². The Hall–Kier alpha value is -1.53. The second-order valence-corrected chi connectivity index (χ2v) is 7.36. The Labute approximate surface area is 147 Å². The van der Waals surface area contributed by atoms with E-state index in [0.717, 1.165) is 19.3 Å². The van der Waals surface area contributed by atoms with E-state index < -0.39 is 11.2 Å². The van der Waals surface area contributed by atoms with Gasteiger partial charge in [-0.3, -0.25) is 9.59 Å². The number of carbonyl (C=O) groups excluding carboxylic acids is 1. The lowest BCUT2D eigenvalue weighted by Gasteiger charge is -2.13. The van der Waals surface area contributed by atoms with Gasteiger partial charge in [0.1, 0.15) is 5.25 Å². The van der Waals surface area contributed by atoms with E-state index in [0.29, 0.717) is 29.7 Å². The van der Waals surface area contributed by atoms with Gasteiger partial charge in [0.15, 0.2) is 0 Å². The predicted octanol–water partition coefficient (Wildman–Crippen LogP) is 3.33. The first kappa shape index (κ1) is 18.8. The predicted molar refractivity (Wildman–Crippen MR) is 94.6 cm³/mol. The highest BCUT2D eigenvalue weighted by Gasteiger charge is 2.18. The molecule has 1 aromatic rings. The van der Waals surface area contributed by atoms with E-state index in [9.17, 15) is 9.59 Å². The Kier molecular flexibility index (Phi) is 7.59. The molecule has 24 heavy (non-hydrogen) atoms. The summed E-state index contributed by atoms with van der Waals surface area (Å²) in [6, 6.07) is 7.10.